The van der Waals surface area contributed by atoms with Crippen LogP contribution < -0.4 is 5.32 Å². The van der Waals surface area contributed by atoms with E-state index < -0.39 is 70.1 Å². The van der Waals surface area contributed by atoms with Gasteiger partial charge in [-0.25, -0.2) is 0 Å². The summed E-state index contributed by atoms with van der Waals surface area (Å²) >= 11 is 0. The molecule has 5 rings (SSSR count). The van der Waals surface area contributed by atoms with Crippen molar-refractivity contribution in [2.45, 2.75) is 78.0 Å². The molecule has 1 spiro atoms. The van der Waals surface area contributed by atoms with E-state index in [1.807, 2.05) is 43.5 Å². The monoisotopic (exact) mass is 588 g/mol. The van der Waals surface area contributed by atoms with Crippen LogP contribution in [0.5, 0.6) is 0 Å². The first-order chi connectivity index (χ1) is 20.3. The number of benzene rings is 1. The highest BCUT2D eigenvalue weighted by molar-refractivity contribution is 6.43. The molecule has 1 aromatic heterocycles. The number of H-pyrrole nitrogens is 1. The Kier molecular flexibility index (Phi) is 8.07. The summed E-state index contributed by atoms with van der Waals surface area (Å²) < 4.78 is 5.77. The fraction of sp³-hybridized carbons (Fsp3) is 0.500. The molecule has 1 aliphatic heterocycles. The van der Waals surface area contributed by atoms with E-state index in [-0.39, 0.29) is 18.8 Å². The molecule has 228 valence electrons. The van der Waals surface area contributed by atoms with Crippen molar-refractivity contribution in [3.63, 3.8) is 0 Å². The van der Waals surface area contributed by atoms with Crippen molar-refractivity contribution in [1.29, 1.82) is 0 Å². The minimum absolute atomic E-state index is 0.126. The van der Waals surface area contributed by atoms with Crippen molar-refractivity contribution in [2.24, 2.45) is 29.1 Å². The molecule has 2 fully saturated rings. The number of nitrogens with one attached hydrogen (secondary N) is 2. The second-order valence-corrected chi connectivity index (χ2v) is 12.8. The lowest BCUT2D eigenvalue weighted by Crippen LogP contribution is -2.68. The van der Waals surface area contributed by atoms with E-state index in [9.17, 15) is 29.1 Å². The average molecular weight is 589 g/mol. The van der Waals surface area contributed by atoms with E-state index in [0.717, 1.165) is 16.5 Å². The van der Waals surface area contributed by atoms with Gasteiger partial charge >= 0.3 is 5.97 Å². The molecule has 1 saturated carbocycles. The van der Waals surface area contributed by atoms with Gasteiger partial charge in [0, 0.05) is 54.7 Å². The number of aliphatic hydroxyl groups is 1. The van der Waals surface area contributed by atoms with E-state index >= 15 is 0 Å². The number of carbonyl (C=O) groups excluding carboxylic acids is 5. The van der Waals surface area contributed by atoms with Crippen LogP contribution >= 0.6 is 0 Å². The number of aromatic amines is 1. The third-order valence-electron chi connectivity index (χ3n) is 9.99. The number of Topliss-reactive ketones (excluding diaryl/α,β-unsaturated/α-hetero) is 3. The Balaban J connectivity index is 1.67. The van der Waals surface area contributed by atoms with Gasteiger partial charge in [0.1, 0.15) is 22.9 Å². The van der Waals surface area contributed by atoms with E-state index in [1.54, 1.807) is 32.9 Å². The van der Waals surface area contributed by atoms with Crippen molar-refractivity contribution in [2.75, 3.05) is 0 Å². The minimum Gasteiger partial charge on any atom is -0.459 e. The van der Waals surface area contributed by atoms with Crippen LogP contribution in [0.25, 0.3) is 10.9 Å². The molecular weight excluding hydrogens is 548 g/mol. The topological polar surface area (TPSA) is 143 Å². The minimum atomic E-state index is -1.74. The summed E-state index contributed by atoms with van der Waals surface area (Å²) in [7, 11) is 0. The highest BCUT2D eigenvalue weighted by atomic mass is 16.6. The molecule has 0 unspecified atom stereocenters. The Morgan fingerprint density at radius 1 is 1.12 bits per heavy atom. The summed E-state index contributed by atoms with van der Waals surface area (Å²) in [6.07, 6.45) is 6.12. The summed E-state index contributed by atoms with van der Waals surface area (Å²) in [5.74, 6) is -5.49. The van der Waals surface area contributed by atoms with Crippen molar-refractivity contribution in [3.8, 4) is 0 Å². The molecule has 9 heteroatoms. The molecule has 3 aliphatic rings. The zero-order chi connectivity index (χ0) is 31.3. The molecule has 0 bridgehead atoms. The zero-order valence-electron chi connectivity index (χ0n) is 25.3. The van der Waals surface area contributed by atoms with Crippen LogP contribution in [0.3, 0.4) is 0 Å². The van der Waals surface area contributed by atoms with Gasteiger partial charge < -0.3 is 20.1 Å². The Hall–Kier alpha value is -3.85. The summed E-state index contributed by atoms with van der Waals surface area (Å²) in [6.45, 7) is 8.10. The van der Waals surface area contributed by atoms with Gasteiger partial charge in [0.15, 0.2) is 0 Å². The number of ketones is 3. The molecule has 2 heterocycles. The number of rotatable bonds is 3. The molecule has 1 amide bonds. The molecule has 0 radical (unpaired) electrons. The smallest absolute Gasteiger partial charge is 0.303 e. The number of carbonyl (C=O) groups is 5. The van der Waals surface area contributed by atoms with E-state index in [2.05, 4.69) is 10.3 Å². The Bertz CT molecular complexity index is 1550. The van der Waals surface area contributed by atoms with Crippen molar-refractivity contribution in [1.82, 2.24) is 10.3 Å². The van der Waals surface area contributed by atoms with Gasteiger partial charge in [0.2, 0.25) is 17.5 Å². The number of allylic oxidation sites excluding steroid dienone is 3. The lowest BCUT2D eigenvalue weighted by atomic mass is 9.49. The van der Waals surface area contributed by atoms with Gasteiger partial charge in [-0.05, 0) is 55.7 Å². The normalized spacial score (nSPS) is 37.2. The number of ether oxygens (including phenoxy) is 1. The summed E-state index contributed by atoms with van der Waals surface area (Å²) in [4.78, 5) is 70.2. The van der Waals surface area contributed by atoms with Crippen molar-refractivity contribution < 1.29 is 33.8 Å². The van der Waals surface area contributed by atoms with Crippen LogP contribution in [0.2, 0.25) is 0 Å². The highest BCUT2D eigenvalue weighted by Gasteiger charge is 2.72. The number of amides is 1. The third-order valence-corrected chi connectivity index (χ3v) is 9.99. The van der Waals surface area contributed by atoms with Crippen LogP contribution in [0.1, 0.15) is 59.4 Å². The van der Waals surface area contributed by atoms with Gasteiger partial charge in [-0.15, -0.1) is 0 Å². The van der Waals surface area contributed by atoms with Crippen LogP contribution in [-0.2, 0) is 35.1 Å². The molecule has 9 nitrogen and oxygen atoms in total. The molecule has 2 aliphatic carbocycles. The SMILES string of the molecule is CC(=O)O[C@H]1[C@@H]2/C=C/C[C@H](C)/C=C(\C)C(=O)C(=O)CCC(=O)[C@]23C(=O)N[C@@H](Cc2c[nH]c4ccccc24)[C@@H]3[C@H](C)[C@@]1(C)O. The molecule has 43 heavy (non-hydrogen) atoms. The Morgan fingerprint density at radius 3 is 2.56 bits per heavy atom. The maximum absolute atomic E-state index is 14.5. The first-order valence-electron chi connectivity index (χ1n) is 15.0. The largest absolute Gasteiger partial charge is 0.459 e. The third kappa shape index (κ3) is 5.07. The number of esters is 1. The second-order valence-electron chi connectivity index (χ2n) is 12.8. The van der Waals surface area contributed by atoms with Crippen LogP contribution in [-0.4, -0.2) is 57.1 Å². The second kappa shape index (κ2) is 11.3. The quantitative estimate of drug-likeness (QED) is 0.214. The fourth-order valence-electron chi connectivity index (χ4n) is 7.80. The molecule has 3 N–H and O–H groups in total. The van der Waals surface area contributed by atoms with Gasteiger partial charge in [0.05, 0.1) is 0 Å². The standard InChI is InChI=1S/C34H40N2O7/c1-18-9-8-11-24-31(43-21(4)37)33(5,42)20(3)29-26(16-22-17-35-25-12-7-6-10-23(22)25)36-32(41)34(24,29)28(39)14-13-27(38)30(40)19(2)15-18/h6-8,10-12,15,17-18,20,24,26,29,31,35,42H,9,13-14,16H2,1-5H3,(H,36,41)/b11-8+,19-15+/t18-,20-,24-,26-,29-,31-,33+,34+/m0/s1. The van der Waals surface area contributed by atoms with Crippen molar-refractivity contribution >= 4 is 40.1 Å². The number of para-hydroxylation sites is 1. The Labute approximate surface area is 251 Å². The predicted octanol–water partition coefficient (Wildman–Crippen LogP) is 3.79. The van der Waals surface area contributed by atoms with E-state index in [4.69, 9.17) is 4.74 Å². The van der Waals surface area contributed by atoms with Crippen LogP contribution in [0, 0.1) is 29.1 Å². The molecule has 2 aromatic rings. The predicted molar refractivity (Wildman–Crippen MR) is 160 cm³/mol. The summed E-state index contributed by atoms with van der Waals surface area (Å²) in [5.41, 5.74) is -1.12. The van der Waals surface area contributed by atoms with Crippen LogP contribution in [0.15, 0.2) is 54.3 Å². The van der Waals surface area contributed by atoms with Gasteiger partial charge in [-0.3, -0.25) is 24.0 Å². The number of fused-ring (bicyclic) bond motifs is 1. The lowest BCUT2D eigenvalue weighted by Gasteiger charge is -2.55. The average Bonchev–Trinajstić information content (AvgIpc) is 3.49. The lowest BCUT2D eigenvalue weighted by molar-refractivity contribution is -0.214. The van der Waals surface area contributed by atoms with Crippen molar-refractivity contribution in [3.05, 3.63) is 59.8 Å². The van der Waals surface area contributed by atoms with Gasteiger partial charge in [-0.2, -0.15) is 0 Å². The highest BCUT2D eigenvalue weighted by Crippen LogP contribution is 2.59. The summed E-state index contributed by atoms with van der Waals surface area (Å²) in [6, 6.07) is 7.27. The maximum atomic E-state index is 14.5. The number of hydrogen-bond acceptors (Lipinski definition) is 7. The van der Waals surface area contributed by atoms with Gasteiger partial charge in [0.25, 0.3) is 0 Å². The maximum Gasteiger partial charge on any atom is 0.303 e. The Morgan fingerprint density at radius 2 is 1.84 bits per heavy atom. The summed E-state index contributed by atoms with van der Waals surface area (Å²) in [5, 5.41) is 16.1. The first kappa shape index (κ1) is 30.6. The van der Waals surface area contributed by atoms with Crippen LogP contribution in [0.4, 0.5) is 0 Å². The molecular formula is C34H40N2O7. The zero-order valence-corrected chi connectivity index (χ0v) is 25.3. The molecule has 8 atom stereocenters. The van der Waals surface area contributed by atoms with E-state index in [1.165, 1.54) is 6.92 Å². The van der Waals surface area contributed by atoms with Gasteiger partial charge in [-0.1, -0.05) is 50.3 Å². The number of aromatic nitrogens is 1. The number of hydrogen-bond donors (Lipinski definition) is 3. The first-order valence-corrected chi connectivity index (χ1v) is 15.0. The van der Waals surface area contributed by atoms with E-state index in [0.29, 0.717) is 18.4 Å². The fourth-order valence-corrected chi connectivity index (χ4v) is 7.80. The molecule has 1 saturated heterocycles. The molecule has 1 aromatic carbocycles.